The highest BCUT2D eigenvalue weighted by Crippen LogP contribution is 2.15. The minimum atomic E-state index is -0.191. The lowest BCUT2D eigenvalue weighted by Crippen LogP contribution is -2.40. The fourth-order valence-corrected chi connectivity index (χ4v) is 1.80. The summed E-state index contributed by atoms with van der Waals surface area (Å²) in [7, 11) is 0. The monoisotopic (exact) mass is 317 g/mol. The molecule has 1 aromatic rings. The number of carbonyl (C=O) groups excluding carboxylic acids is 1. The van der Waals surface area contributed by atoms with E-state index in [1.165, 1.54) is 0 Å². The Balaban J connectivity index is 2.96. The van der Waals surface area contributed by atoms with E-state index in [0.717, 1.165) is 14.7 Å². The van der Waals surface area contributed by atoms with Crippen LogP contribution in [0.5, 0.6) is 0 Å². The molecule has 0 radical (unpaired) electrons. The normalized spacial score (nSPS) is 11.3. The highest BCUT2D eigenvalue weighted by atomic mass is 127. The molecule has 1 N–H and O–H groups in total. The van der Waals surface area contributed by atoms with E-state index in [-0.39, 0.29) is 11.4 Å². The summed E-state index contributed by atoms with van der Waals surface area (Å²) in [5.41, 5.74) is 1.67. The number of hydrogen-bond donors (Lipinski definition) is 1. The molecule has 0 unspecified atom stereocenters. The van der Waals surface area contributed by atoms with E-state index in [1.54, 1.807) is 0 Å². The van der Waals surface area contributed by atoms with Crippen molar-refractivity contribution in [2.75, 3.05) is 0 Å². The van der Waals surface area contributed by atoms with Crippen molar-refractivity contribution in [1.29, 1.82) is 0 Å². The van der Waals surface area contributed by atoms with Gasteiger partial charge in [-0.05, 0) is 62.4 Å². The summed E-state index contributed by atoms with van der Waals surface area (Å²) in [4.78, 5) is 11.9. The molecule has 3 heteroatoms. The van der Waals surface area contributed by atoms with Gasteiger partial charge in [-0.25, -0.2) is 0 Å². The first-order valence-corrected chi connectivity index (χ1v) is 5.96. The largest absolute Gasteiger partial charge is 0.347 e. The van der Waals surface area contributed by atoms with Crippen molar-refractivity contribution in [3.8, 4) is 0 Å². The molecular weight excluding hydrogens is 301 g/mol. The van der Waals surface area contributed by atoms with E-state index in [4.69, 9.17) is 0 Å². The lowest BCUT2D eigenvalue weighted by Gasteiger charge is -2.21. The lowest BCUT2D eigenvalue weighted by molar-refractivity contribution is 0.0918. The van der Waals surface area contributed by atoms with Gasteiger partial charge in [-0.1, -0.05) is 11.6 Å². The molecule has 0 heterocycles. The van der Waals surface area contributed by atoms with E-state index < -0.39 is 0 Å². The topological polar surface area (TPSA) is 29.1 Å². The molecule has 1 rings (SSSR count). The molecule has 2 nitrogen and oxygen atoms in total. The van der Waals surface area contributed by atoms with Crippen LogP contribution in [0.2, 0.25) is 0 Å². The van der Waals surface area contributed by atoms with Crippen molar-refractivity contribution in [3.05, 3.63) is 32.9 Å². The van der Waals surface area contributed by atoms with Gasteiger partial charge in [0.15, 0.2) is 0 Å². The second-order valence-electron chi connectivity index (χ2n) is 4.69. The molecule has 0 aliphatic heterocycles. The van der Waals surface area contributed by atoms with Crippen molar-refractivity contribution in [2.24, 2.45) is 0 Å². The maximum absolute atomic E-state index is 11.9. The highest BCUT2D eigenvalue weighted by molar-refractivity contribution is 14.1. The van der Waals surface area contributed by atoms with Gasteiger partial charge in [0.05, 0.1) is 5.56 Å². The maximum atomic E-state index is 11.9. The second-order valence-corrected chi connectivity index (χ2v) is 5.85. The molecule has 0 bridgehead atoms. The van der Waals surface area contributed by atoms with E-state index in [9.17, 15) is 4.79 Å². The molecule has 0 aliphatic rings. The molecule has 0 saturated heterocycles. The van der Waals surface area contributed by atoms with Crippen LogP contribution in [0.3, 0.4) is 0 Å². The van der Waals surface area contributed by atoms with Crippen molar-refractivity contribution >= 4 is 28.5 Å². The number of benzene rings is 1. The number of halogens is 1. The smallest absolute Gasteiger partial charge is 0.252 e. The Bertz CT molecular complexity index is 380. The van der Waals surface area contributed by atoms with Crippen molar-refractivity contribution in [1.82, 2.24) is 5.32 Å². The predicted octanol–water partition coefficient (Wildman–Crippen LogP) is 3.13. The molecule has 0 spiro atoms. The summed E-state index contributed by atoms with van der Waals surface area (Å²) in [6.45, 7) is 7.93. The Morgan fingerprint density at radius 2 is 1.93 bits per heavy atom. The van der Waals surface area contributed by atoms with E-state index >= 15 is 0 Å². The van der Waals surface area contributed by atoms with Gasteiger partial charge >= 0.3 is 0 Å². The molecule has 1 amide bonds. The minimum absolute atomic E-state index is 0.00407. The quantitative estimate of drug-likeness (QED) is 0.792. The number of hydrogen-bond acceptors (Lipinski definition) is 1. The van der Waals surface area contributed by atoms with Crippen LogP contribution < -0.4 is 5.32 Å². The van der Waals surface area contributed by atoms with Gasteiger partial charge in [0.25, 0.3) is 5.91 Å². The van der Waals surface area contributed by atoms with Crippen LogP contribution in [0.4, 0.5) is 0 Å². The third-order valence-electron chi connectivity index (χ3n) is 1.86. The zero-order valence-corrected chi connectivity index (χ0v) is 11.7. The number of nitrogens with one attached hydrogen (secondary N) is 1. The zero-order valence-electron chi connectivity index (χ0n) is 9.52. The molecule has 82 valence electrons. The van der Waals surface area contributed by atoms with Gasteiger partial charge in [0, 0.05) is 9.11 Å². The SMILES string of the molecule is Cc1ccc(I)c(C(=O)NC(C)(C)C)c1. The van der Waals surface area contributed by atoms with Crippen molar-refractivity contribution < 1.29 is 4.79 Å². The summed E-state index contributed by atoms with van der Waals surface area (Å²) in [6, 6.07) is 5.89. The first-order valence-electron chi connectivity index (χ1n) is 4.88. The molecule has 0 fully saturated rings. The maximum Gasteiger partial charge on any atom is 0.252 e. The fourth-order valence-electron chi connectivity index (χ4n) is 1.22. The number of amides is 1. The molecular formula is C12H16INO. The summed E-state index contributed by atoms with van der Waals surface area (Å²) < 4.78 is 0.986. The molecule has 0 aliphatic carbocycles. The lowest BCUT2D eigenvalue weighted by atomic mass is 10.1. The first-order chi connectivity index (χ1) is 6.79. The number of rotatable bonds is 1. The highest BCUT2D eigenvalue weighted by Gasteiger charge is 2.17. The Morgan fingerprint density at radius 1 is 1.33 bits per heavy atom. The Hall–Kier alpha value is -0.580. The average molecular weight is 317 g/mol. The minimum Gasteiger partial charge on any atom is -0.347 e. The van der Waals surface area contributed by atoms with Gasteiger partial charge in [-0.3, -0.25) is 4.79 Å². The van der Waals surface area contributed by atoms with Gasteiger partial charge in [-0.2, -0.15) is 0 Å². The van der Waals surface area contributed by atoms with Crippen LogP contribution in [0.1, 0.15) is 36.7 Å². The van der Waals surface area contributed by atoms with Crippen LogP contribution in [0, 0.1) is 10.5 Å². The number of aryl methyl sites for hydroxylation is 1. The Labute approximate surface area is 105 Å². The number of carbonyl (C=O) groups is 1. The zero-order chi connectivity index (χ0) is 11.6. The first kappa shape index (κ1) is 12.5. The Kier molecular flexibility index (Phi) is 3.76. The van der Waals surface area contributed by atoms with E-state index in [2.05, 4.69) is 27.9 Å². The van der Waals surface area contributed by atoms with Crippen LogP contribution in [0.25, 0.3) is 0 Å². The van der Waals surface area contributed by atoms with Gasteiger partial charge in [0.2, 0.25) is 0 Å². The van der Waals surface area contributed by atoms with Gasteiger partial charge in [0.1, 0.15) is 0 Å². The Morgan fingerprint density at radius 3 is 2.47 bits per heavy atom. The third-order valence-corrected chi connectivity index (χ3v) is 2.80. The molecule has 15 heavy (non-hydrogen) atoms. The van der Waals surface area contributed by atoms with Crippen LogP contribution in [-0.4, -0.2) is 11.4 Å². The molecule has 0 saturated carbocycles. The molecule has 0 atom stereocenters. The third kappa shape index (κ3) is 3.81. The van der Waals surface area contributed by atoms with E-state index in [1.807, 2.05) is 45.9 Å². The predicted molar refractivity (Wildman–Crippen MR) is 71.1 cm³/mol. The summed E-state index contributed by atoms with van der Waals surface area (Å²) in [5, 5.41) is 2.96. The molecule has 1 aromatic carbocycles. The van der Waals surface area contributed by atoms with Crippen molar-refractivity contribution in [3.63, 3.8) is 0 Å². The van der Waals surface area contributed by atoms with Gasteiger partial charge < -0.3 is 5.32 Å². The standard InChI is InChI=1S/C12H16INO/c1-8-5-6-10(13)9(7-8)11(15)14-12(2,3)4/h5-7H,1-4H3,(H,14,15). The van der Waals surface area contributed by atoms with Crippen LogP contribution in [-0.2, 0) is 0 Å². The average Bonchev–Trinajstić information content (AvgIpc) is 2.06. The summed E-state index contributed by atoms with van der Waals surface area (Å²) in [6.07, 6.45) is 0. The fraction of sp³-hybridized carbons (Fsp3) is 0.417. The summed E-state index contributed by atoms with van der Waals surface area (Å²) in [5.74, 6) is -0.00407. The van der Waals surface area contributed by atoms with Crippen LogP contribution >= 0.6 is 22.6 Å². The van der Waals surface area contributed by atoms with Crippen LogP contribution in [0.15, 0.2) is 18.2 Å². The summed E-state index contributed by atoms with van der Waals surface area (Å²) >= 11 is 2.18. The van der Waals surface area contributed by atoms with Gasteiger partial charge in [-0.15, -0.1) is 0 Å². The molecule has 0 aromatic heterocycles. The van der Waals surface area contributed by atoms with Crippen molar-refractivity contribution in [2.45, 2.75) is 33.2 Å². The van der Waals surface area contributed by atoms with E-state index in [0.29, 0.717) is 0 Å². The second kappa shape index (κ2) is 4.51.